The number of hydrogen-bond acceptors (Lipinski definition) is 4. The molecule has 0 spiro atoms. The molecule has 146 valence electrons. The molecule has 0 fully saturated rings. The van der Waals surface area contributed by atoms with Crippen molar-refractivity contribution < 1.29 is 18.0 Å². The van der Waals surface area contributed by atoms with E-state index in [1.807, 2.05) is 17.0 Å². The highest BCUT2D eigenvalue weighted by Gasteiger charge is 2.32. The van der Waals surface area contributed by atoms with E-state index in [1.54, 1.807) is 12.1 Å². The summed E-state index contributed by atoms with van der Waals surface area (Å²) in [6, 6.07) is 10.00. The number of aryl methyl sites for hydroxylation is 1. The van der Waals surface area contributed by atoms with Crippen LogP contribution in [0.15, 0.2) is 41.3 Å². The standard InChI is InChI=1S/C20H21N3O4S/c21-28(26,27)17-5-3-13(4-6-17)7-8-22-20(25)16-10-14-2-1-9-23-18(24)12-15(11-16)19(14)23/h3-6,10-11H,1-2,7-9,12H2,(H,22,25)(H2,21,26,27). The van der Waals surface area contributed by atoms with Gasteiger partial charge in [0.1, 0.15) is 0 Å². The second-order valence-electron chi connectivity index (χ2n) is 7.16. The highest BCUT2D eigenvalue weighted by molar-refractivity contribution is 7.89. The number of amides is 2. The zero-order valence-corrected chi connectivity index (χ0v) is 16.1. The van der Waals surface area contributed by atoms with Gasteiger partial charge < -0.3 is 10.2 Å². The second-order valence-corrected chi connectivity index (χ2v) is 8.73. The van der Waals surface area contributed by atoms with E-state index in [9.17, 15) is 18.0 Å². The van der Waals surface area contributed by atoms with Crippen molar-refractivity contribution in [3.63, 3.8) is 0 Å². The van der Waals surface area contributed by atoms with Gasteiger partial charge in [-0.1, -0.05) is 12.1 Å². The molecule has 8 heteroatoms. The molecule has 2 aliphatic rings. The molecule has 2 amide bonds. The number of carbonyl (C=O) groups excluding carboxylic acids is 2. The molecule has 7 nitrogen and oxygen atoms in total. The molecular formula is C20H21N3O4S. The van der Waals surface area contributed by atoms with Crippen LogP contribution in [-0.2, 0) is 34.1 Å². The van der Waals surface area contributed by atoms with E-state index in [2.05, 4.69) is 5.32 Å². The lowest BCUT2D eigenvalue weighted by Gasteiger charge is -2.25. The number of nitrogens with one attached hydrogen (secondary N) is 1. The van der Waals surface area contributed by atoms with Crippen molar-refractivity contribution in [2.24, 2.45) is 5.14 Å². The van der Waals surface area contributed by atoms with Crippen molar-refractivity contribution in [2.75, 3.05) is 18.0 Å². The van der Waals surface area contributed by atoms with Gasteiger partial charge in [-0.25, -0.2) is 13.6 Å². The topological polar surface area (TPSA) is 110 Å². The van der Waals surface area contributed by atoms with E-state index < -0.39 is 10.0 Å². The van der Waals surface area contributed by atoms with Gasteiger partial charge in [0.05, 0.1) is 17.0 Å². The van der Waals surface area contributed by atoms with Crippen molar-refractivity contribution in [3.05, 3.63) is 58.7 Å². The Morgan fingerprint density at radius 1 is 1.14 bits per heavy atom. The first kappa shape index (κ1) is 18.6. The van der Waals surface area contributed by atoms with E-state index in [1.165, 1.54) is 12.1 Å². The molecular weight excluding hydrogens is 378 g/mol. The fourth-order valence-corrected chi connectivity index (χ4v) is 4.39. The molecule has 0 saturated heterocycles. The Labute approximate surface area is 163 Å². The Hall–Kier alpha value is -2.71. The van der Waals surface area contributed by atoms with Crippen molar-refractivity contribution >= 4 is 27.5 Å². The van der Waals surface area contributed by atoms with Gasteiger partial charge in [0.2, 0.25) is 15.9 Å². The highest BCUT2D eigenvalue weighted by atomic mass is 32.2. The lowest BCUT2D eigenvalue weighted by atomic mass is 9.96. The van der Waals surface area contributed by atoms with Gasteiger partial charge in [-0.15, -0.1) is 0 Å². The number of hydrogen-bond donors (Lipinski definition) is 2. The molecule has 0 aliphatic carbocycles. The molecule has 2 heterocycles. The molecule has 2 aliphatic heterocycles. The molecule has 2 aromatic carbocycles. The maximum Gasteiger partial charge on any atom is 0.251 e. The van der Waals surface area contributed by atoms with Crippen LogP contribution in [0.1, 0.15) is 33.5 Å². The number of primary sulfonamides is 1. The van der Waals surface area contributed by atoms with E-state index >= 15 is 0 Å². The van der Waals surface area contributed by atoms with Gasteiger partial charge in [-0.05, 0) is 60.2 Å². The summed E-state index contributed by atoms with van der Waals surface area (Å²) in [5.74, 6) is -0.0619. The van der Waals surface area contributed by atoms with Crippen molar-refractivity contribution in [1.82, 2.24) is 5.32 Å². The number of nitrogens with two attached hydrogens (primary N) is 1. The lowest BCUT2D eigenvalue weighted by molar-refractivity contribution is -0.117. The van der Waals surface area contributed by atoms with Crippen LogP contribution in [0.5, 0.6) is 0 Å². The second kappa shape index (κ2) is 7.03. The summed E-state index contributed by atoms with van der Waals surface area (Å²) >= 11 is 0. The van der Waals surface area contributed by atoms with Crippen molar-refractivity contribution in [3.8, 4) is 0 Å². The number of rotatable bonds is 5. The van der Waals surface area contributed by atoms with Gasteiger partial charge in [0, 0.05) is 18.7 Å². The Morgan fingerprint density at radius 3 is 2.57 bits per heavy atom. The average molecular weight is 399 g/mol. The van der Waals surface area contributed by atoms with Crippen LogP contribution in [0.4, 0.5) is 5.69 Å². The third-order valence-corrected chi connectivity index (χ3v) is 6.15. The van der Waals surface area contributed by atoms with Crippen molar-refractivity contribution in [1.29, 1.82) is 0 Å². The van der Waals surface area contributed by atoms with E-state index in [0.29, 0.717) is 24.9 Å². The molecule has 2 aromatic rings. The predicted molar refractivity (Wildman–Crippen MR) is 105 cm³/mol. The maximum atomic E-state index is 12.6. The van der Waals surface area contributed by atoms with Gasteiger partial charge in [0.15, 0.2) is 0 Å². The summed E-state index contributed by atoms with van der Waals surface area (Å²) in [7, 11) is -3.70. The van der Waals surface area contributed by atoms with Gasteiger partial charge in [0.25, 0.3) is 5.91 Å². The molecule has 0 bridgehead atoms. The van der Waals surface area contributed by atoms with Gasteiger partial charge in [-0.3, -0.25) is 9.59 Å². The Kier molecular flexibility index (Phi) is 4.68. The molecule has 0 radical (unpaired) electrons. The van der Waals surface area contributed by atoms with E-state index in [-0.39, 0.29) is 16.7 Å². The molecule has 3 N–H and O–H groups in total. The number of anilines is 1. The quantitative estimate of drug-likeness (QED) is 0.786. The van der Waals surface area contributed by atoms with Crippen LogP contribution in [0, 0.1) is 0 Å². The predicted octanol–water partition coefficient (Wildman–Crippen LogP) is 1.14. The van der Waals surface area contributed by atoms with Crippen LogP contribution in [0.2, 0.25) is 0 Å². The molecule has 0 atom stereocenters. The summed E-state index contributed by atoms with van der Waals surface area (Å²) in [6.07, 6.45) is 2.72. The largest absolute Gasteiger partial charge is 0.352 e. The average Bonchev–Trinajstić information content (AvgIpc) is 2.98. The summed E-state index contributed by atoms with van der Waals surface area (Å²) < 4.78 is 22.6. The minimum atomic E-state index is -3.70. The fraction of sp³-hybridized carbons (Fsp3) is 0.300. The smallest absolute Gasteiger partial charge is 0.251 e. The van der Waals surface area contributed by atoms with Crippen molar-refractivity contribution in [2.45, 2.75) is 30.6 Å². The first-order chi connectivity index (χ1) is 13.3. The minimum Gasteiger partial charge on any atom is -0.352 e. The molecule has 4 rings (SSSR count). The Bertz CT molecular complexity index is 1060. The number of benzene rings is 2. The van der Waals surface area contributed by atoms with Crippen LogP contribution in [0.3, 0.4) is 0 Å². The zero-order valence-electron chi connectivity index (χ0n) is 15.3. The molecule has 0 unspecified atom stereocenters. The summed E-state index contributed by atoms with van der Waals surface area (Å²) in [6.45, 7) is 1.18. The van der Waals surface area contributed by atoms with Gasteiger partial charge in [-0.2, -0.15) is 0 Å². The Morgan fingerprint density at radius 2 is 1.86 bits per heavy atom. The van der Waals surface area contributed by atoms with Crippen LogP contribution in [0.25, 0.3) is 0 Å². The lowest BCUT2D eigenvalue weighted by Crippen LogP contribution is -2.31. The van der Waals surface area contributed by atoms with Crippen LogP contribution < -0.4 is 15.4 Å². The number of nitrogens with zero attached hydrogens (tertiary/aromatic N) is 1. The summed E-state index contributed by atoms with van der Waals surface area (Å²) in [5, 5.41) is 7.98. The molecule has 0 aromatic heterocycles. The zero-order chi connectivity index (χ0) is 19.9. The van der Waals surface area contributed by atoms with Gasteiger partial charge >= 0.3 is 0 Å². The van der Waals surface area contributed by atoms with E-state index in [4.69, 9.17) is 5.14 Å². The normalized spacial score (nSPS) is 15.5. The number of sulfonamides is 1. The first-order valence-corrected chi connectivity index (χ1v) is 10.7. The number of carbonyl (C=O) groups is 2. The van der Waals surface area contributed by atoms with Crippen LogP contribution >= 0.6 is 0 Å². The third-order valence-electron chi connectivity index (χ3n) is 5.22. The third kappa shape index (κ3) is 3.53. The molecule has 28 heavy (non-hydrogen) atoms. The maximum absolute atomic E-state index is 12.6. The SMILES string of the molecule is NS(=O)(=O)c1ccc(CCNC(=O)c2cc3c4c(c2)CC(=O)N4CCC3)cc1. The highest BCUT2D eigenvalue weighted by Crippen LogP contribution is 2.37. The summed E-state index contributed by atoms with van der Waals surface area (Å²) in [5.41, 5.74) is 4.49. The van der Waals surface area contributed by atoms with Crippen LogP contribution in [-0.4, -0.2) is 33.3 Å². The monoisotopic (exact) mass is 399 g/mol. The van der Waals surface area contributed by atoms with E-state index in [0.717, 1.165) is 41.8 Å². The molecule has 0 saturated carbocycles. The summed E-state index contributed by atoms with van der Waals surface area (Å²) in [4.78, 5) is 26.6. The fourth-order valence-electron chi connectivity index (χ4n) is 3.88. The Balaban J connectivity index is 1.41. The first-order valence-electron chi connectivity index (χ1n) is 9.19. The minimum absolute atomic E-state index is 0.0657.